The lowest BCUT2D eigenvalue weighted by molar-refractivity contribution is 0.555. The van der Waals surface area contributed by atoms with Gasteiger partial charge in [-0.3, -0.25) is 4.99 Å². The zero-order valence-electron chi connectivity index (χ0n) is 12.2. The first kappa shape index (κ1) is 15.4. The summed E-state index contributed by atoms with van der Waals surface area (Å²) in [6, 6.07) is 8.64. The standard InChI is InChI=1S/C16H24BrN3/c1-2-3-4-5-6-9-13-12-19-16(18)20(13)15-11-8-7-10-14(15)17/h7-8,10-11,13H,2-6,9,12H2,1H3,(H2,18,19). The Balaban J connectivity index is 1.95. The first-order valence-corrected chi connectivity index (χ1v) is 8.37. The van der Waals surface area contributed by atoms with Crippen molar-refractivity contribution < 1.29 is 0 Å². The van der Waals surface area contributed by atoms with E-state index in [1.54, 1.807) is 0 Å². The molecule has 0 aliphatic carbocycles. The van der Waals surface area contributed by atoms with Gasteiger partial charge < -0.3 is 10.6 Å². The summed E-state index contributed by atoms with van der Waals surface area (Å²) in [5, 5.41) is 0. The van der Waals surface area contributed by atoms with Crippen LogP contribution in [0.25, 0.3) is 0 Å². The second-order valence-corrected chi connectivity index (χ2v) is 6.23. The number of nitrogens with two attached hydrogens (primary N) is 1. The zero-order valence-corrected chi connectivity index (χ0v) is 13.8. The molecule has 2 rings (SSSR count). The molecule has 1 aliphatic rings. The molecule has 3 nitrogen and oxygen atoms in total. The Kier molecular flexibility index (Phi) is 5.89. The first-order chi connectivity index (χ1) is 9.74. The van der Waals surface area contributed by atoms with Gasteiger partial charge in [-0.05, 0) is 34.5 Å². The van der Waals surface area contributed by atoms with Crippen molar-refractivity contribution in [2.75, 3.05) is 11.4 Å². The molecule has 0 amide bonds. The fourth-order valence-electron chi connectivity index (χ4n) is 2.71. The van der Waals surface area contributed by atoms with Gasteiger partial charge in [-0.2, -0.15) is 0 Å². The van der Waals surface area contributed by atoms with E-state index in [0.29, 0.717) is 12.0 Å². The van der Waals surface area contributed by atoms with Crippen LogP contribution < -0.4 is 10.6 Å². The van der Waals surface area contributed by atoms with Gasteiger partial charge in [-0.25, -0.2) is 0 Å². The second kappa shape index (κ2) is 7.67. The number of anilines is 1. The molecule has 0 saturated heterocycles. The molecular weight excluding hydrogens is 314 g/mol. The van der Waals surface area contributed by atoms with Gasteiger partial charge >= 0.3 is 0 Å². The highest BCUT2D eigenvalue weighted by atomic mass is 79.9. The first-order valence-electron chi connectivity index (χ1n) is 7.57. The fraction of sp³-hybridized carbons (Fsp3) is 0.562. The van der Waals surface area contributed by atoms with Crippen molar-refractivity contribution in [3.05, 3.63) is 28.7 Å². The van der Waals surface area contributed by atoms with E-state index in [2.05, 4.69) is 44.9 Å². The second-order valence-electron chi connectivity index (χ2n) is 5.38. The van der Waals surface area contributed by atoms with Gasteiger partial charge in [0.2, 0.25) is 0 Å². The quantitative estimate of drug-likeness (QED) is 0.753. The van der Waals surface area contributed by atoms with Crippen molar-refractivity contribution >= 4 is 27.6 Å². The summed E-state index contributed by atoms with van der Waals surface area (Å²) in [5.41, 5.74) is 7.21. The molecule has 110 valence electrons. The molecule has 1 aromatic carbocycles. The zero-order chi connectivity index (χ0) is 14.4. The highest BCUT2D eigenvalue weighted by molar-refractivity contribution is 9.10. The van der Waals surface area contributed by atoms with Crippen molar-refractivity contribution in [3.8, 4) is 0 Å². The molecule has 2 N–H and O–H groups in total. The smallest absolute Gasteiger partial charge is 0.196 e. The Morgan fingerprint density at radius 3 is 2.75 bits per heavy atom. The van der Waals surface area contributed by atoms with Crippen LogP contribution in [0.4, 0.5) is 5.69 Å². The van der Waals surface area contributed by atoms with Crippen molar-refractivity contribution in [3.63, 3.8) is 0 Å². The number of nitrogens with zero attached hydrogens (tertiary/aromatic N) is 2. The van der Waals surface area contributed by atoms with Crippen LogP contribution in [0, 0.1) is 0 Å². The van der Waals surface area contributed by atoms with Gasteiger partial charge in [0.1, 0.15) is 0 Å². The van der Waals surface area contributed by atoms with Gasteiger partial charge in [-0.1, -0.05) is 51.2 Å². The Morgan fingerprint density at radius 2 is 2.00 bits per heavy atom. The summed E-state index contributed by atoms with van der Waals surface area (Å²) in [4.78, 5) is 6.62. The van der Waals surface area contributed by atoms with Gasteiger partial charge in [-0.15, -0.1) is 0 Å². The maximum absolute atomic E-state index is 6.08. The summed E-state index contributed by atoms with van der Waals surface area (Å²) in [5.74, 6) is 0.649. The molecule has 1 heterocycles. The highest BCUT2D eigenvalue weighted by Crippen LogP contribution is 2.30. The van der Waals surface area contributed by atoms with Crippen molar-refractivity contribution in [1.82, 2.24) is 0 Å². The van der Waals surface area contributed by atoms with Gasteiger partial charge in [0.05, 0.1) is 18.3 Å². The van der Waals surface area contributed by atoms with E-state index in [1.807, 2.05) is 12.1 Å². The highest BCUT2D eigenvalue weighted by Gasteiger charge is 2.27. The number of hydrogen-bond donors (Lipinski definition) is 1. The van der Waals surface area contributed by atoms with Crippen LogP contribution in [-0.4, -0.2) is 18.5 Å². The third-order valence-electron chi connectivity index (χ3n) is 3.83. The third-order valence-corrected chi connectivity index (χ3v) is 4.50. The molecule has 0 saturated carbocycles. The van der Waals surface area contributed by atoms with E-state index in [0.717, 1.165) is 23.1 Å². The summed E-state index contributed by atoms with van der Waals surface area (Å²) in [6.07, 6.45) is 7.71. The predicted molar refractivity (Wildman–Crippen MR) is 90.3 cm³/mol. The number of para-hydroxylation sites is 1. The Hall–Kier alpha value is -1.03. The summed E-state index contributed by atoms with van der Waals surface area (Å²) in [6.45, 7) is 3.07. The minimum Gasteiger partial charge on any atom is -0.370 e. The Morgan fingerprint density at radius 1 is 1.25 bits per heavy atom. The van der Waals surface area contributed by atoms with Crippen molar-refractivity contribution in [2.24, 2.45) is 10.7 Å². The van der Waals surface area contributed by atoms with Gasteiger partial charge in [0, 0.05) is 4.47 Å². The molecule has 0 radical (unpaired) electrons. The summed E-state index contributed by atoms with van der Waals surface area (Å²) in [7, 11) is 0. The summed E-state index contributed by atoms with van der Waals surface area (Å²) >= 11 is 3.61. The molecule has 1 unspecified atom stereocenters. The summed E-state index contributed by atoms with van der Waals surface area (Å²) < 4.78 is 1.08. The molecule has 0 bridgehead atoms. The minimum atomic E-state index is 0.412. The van der Waals surface area contributed by atoms with Gasteiger partial charge in [0.25, 0.3) is 0 Å². The van der Waals surface area contributed by atoms with E-state index in [-0.39, 0.29) is 0 Å². The van der Waals surface area contributed by atoms with E-state index in [1.165, 1.54) is 32.1 Å². The molecule has 4 heteroatoms. The molecule has 0 fully saturated rings. The SMILES string of the molecule is CCCCCCCC1CN=C(N)N1c1ccccc1Br. The predicted octanol–water partition coefficient (Wildman–Crippen LogP) is 4.31. The van der Waals surface area contributed by atoms with Crippen LogP contribution in [-0.2, 0) is 0 Å². The number of guanidine groups is 1. The maximum atomic E-state index is 6.08. The van der Waals surface area contributed by atoms with Crippen LogP contribution in [0.5, 0.6) is 0 Å². The van der Waals surface area contributed by atoms with Crippen LogP contribution in [0.2, 0.25) is 0 Å². The van der Waals surface area contributed by atoms with Crippen LogP contribution in [0.1, 0.15) is 45.4 Å². The topological polar surface area (TPSA) is 41.6 Å². The average Bonchev–Trinajstić information content (AvgIpc) is 2.80. The van der Waals surface area contributed by atoms with Crippen LogP contribution in [0.15, 0.2) is 33.7 Å². The Bertz CT molecular complexity index is 459. The number of halogens is 1. The lowest BCUT2D eigenvalue weighted by atomic mass is 10.1. The normalized spacial score (nSPS) is 18.4. The number of unbranched alkanes of at least 4 members (excludes halogenated alkanes) is 4. The van der Waals surface area contributed by atoms with Crippen LogP contribution >= 0.6 is 15.9 Å². The van der Waals surface area contributed by atoms with E-state index in [9.17, 15) is 0 Å². The number of aliphatic imine (C=N–C) groups is 1. The van der Waals surface area contributed by atoms with E-state index < -0.39 is 0 Å². The molecule has 1 aromatic rings. The molecule has 20 heavy (non-hydrogen) atoms. The molecular formula is C16H24BrN3. The largest absolute Gasteiger partial charge is 0.370 e. The minimum absolute atomic E-state index is 0.412. The molecule has 0 spiro atoms. The van der Waals surface area contributed by atoms with E-state index in [4.69, 9.17) is 5.73 Å². The monoisotopic (exact) mass is 337 g/mol. The average molecular weight is 338 g/mol. The lowest BCUT2D eigenvalue weighted by Gasteiger charge is -2.27. The number of benzene rings is 1. The molecule has 0 aromatic heterocycles. The van der Waals surface area contributed by atoms with E-state index >= 15 is 0 Å². The number of rotatable bonds is 7. The maximum Gasteiger partial charge on any atom is 0.196 e. The Labute approximate surface area is 130 Å². The van der Waals surface area contributed by atoms with Crippen LogP contribution in [0.3, 0.4) is 0 Å². The lowest BCUT2D eigenvalue weighted by Crippen LogP contribution is -2.41. The van der Waals surface area contributed by atoms with Crippen molar-refractivity contribution in [1.29, 1.82) is 0 Å². The van der Waals surface area contributed by atoms with Crippen molar-refractivity contribution in [2.45, 2.75) is 51.5 Å². The number of hydrogen-bond acceptors (Lipinski definition) is 3. The van der Waals surface area contributed by atoms with Gasteiger partial charge in [0.15, 0.2) is 5.96 Å². The fourth-order valence-corrected chi connectivity index (χ4v) is 3.19. The third kappa shape index (κ3) is 3.75. The molecule has 1 atom stereocenters. The molecule has 1 aliphatic heterocycles.